The van der Waals surface area contributed by atoms with Crippen LogP contribution >= 0.6 is 0 Å². The van der Waals surface area contributed by atoms with Gasteiger partial charge in [-0.15, -0.1) is 0 Å². The Labute approximate surface area is 145 Å². The number of aromatic nitrogens is 3. The maximum atomic E-state index is 4.53. The van der Waals surface area contributed by atoms with Crippen LogP contribution in [0.1, 0.15) is 0 Å². The van der Waals surface area contributed by atoms with Crippen LogP contribution in [0.2, 0.25) is 0 Å². The van der Waals surface area contributed by atoms with Crippen LogP contribution in [0.15, 0.2) is 73.2 Å². The average Bonchev–Trinajstić information content (AvgIpc) is 2.68. The number of nitrogens with zero attached hydrogens (tertiary/aromatic N) is 3. The van der Waals surface area contributed by atoms with Gasteiger partial charge in [0.2, 0.25) is 0 Å². The summed E-state index contributed by atoms with van der Waals surface area (Å²) in [5, 5.41) is 8.45. The van der Waals surface area contributed by atoms with E-state index >= 15 is 0 Å². The average molecular weight is 327 g/mol. The summed E-state index contributed by atoms with van der Waals surface area (Å²) in [7, 11) is 1.87. The highest BCUT2D eigenvalue weighted by Crippen LogP contribution is 2.32. The fourth-order valence-electron chi connectivity index (χ4n) is 2.82. The van der Waals surface area contributed by atoms with Crippen molar-refractivity contribution in [1.82, 2.24) is 15.0 Å². The minimum absolute atomic E-state index is 0.747. The predicted octanol–water partition coefficient (Wildman–Crippen LogP) is 4.48. The van der Waals surface area contributed by atoms with E-state index in [-0.39, 0.29) is 0 Å². The second kappa shape index (κ2) is 6.57. The van der Waals surface area contributed by atoms with E-state index in [0.29, 0.717) is 0 Å². The number of benzene rings is 1. The van der Waals surface area contributed by atoms with Crippen LogP contribution in [-0.4, -0.2) is 22.0 Å². The topological polar surface area (TPSA) is 62.7 Å². The van der Waals surface area contributed by atoms with Gasteiger partial charge in [-0.05, 0) is 29.1 Å². The number of hydrogen-bond donors (Lipinski definition) is 2. The molecule has 0 radical (unpaired) electrons. The van der Waals surface area contributed by atoms with Gasteiger partial charge in [0.15, 0.2) is 0 Å². The Morgan fingerprint density at radius 2 is 1.60 bits per heavy atom. The van der Waals surface area contributed by atoms with Gasteiger partial charge in [0.25, 0.3) is 0 Å². The number of nitrogens with one attached hydrogen (secondary N) is 2. The molecule has 0 spiro atoms. The van der Waals surface area contributed by atoms with Crippen LogP contribution in [0.25, 0.3) is 21.9 Å². The molecule has 25 heavy (non-hydrogen) atoms. The SMILES string of the molecule is CNc1ncc(-c2ccccc2)c2cc(Nc3ccccn3)ncc12. The zero-order valence-corrected chi connectivity index (χ0v) is 13.8. The van der Waals surface area contributed by atoms with E-state index in [1.54, 1.807) is 6.20 Å². The first-order chi connectivity index (χ1) is 12.3. The van der Waals surface area contributed by atoms with Crippen LogP contribution < -0.4 is 10.6 Å². The van der Waals surface area contributed by atoms with Gasteiger partial charge in [0.1, 0.15) is 17.5 Å². The molecule has 0 aliphatic rings. The Morgan fingerprint density at radius 3 is 2.36 bits per heavy atom. The van der Waals surface area contributed by atoms with Crippen molar-refractivity contribution in [1.29, 1.82) is 0 Å². The van der Waals surface area contributed by atoms with Gasteiger partial charge >= 0.3 is 0 Å². The molecule has 2 N–H and O–H groups in total. The molecule has 0 fully saturated rings. The van der Waals surface area contributed by atoms with Gasteiger partial charge in [0.05, 0.1) is 0 Å². The quantitative estimate of drug-likeness (QED) is 0.579. The van der Waals surface area contributed by atoms with Crippen LogP contribution in [0, 0.1) is 0 Å². The van der Waals surface area contributed by atoms with Crippen LogP contribution in [0.4, 0.5) is 17.5 Å². The van der Waals surface area contributed by atoms with Crippen molar-refractivity contribution in [3.63, 3.8) is 0 Å². The highest BCUT2D eigenvalue weighted by molar-refractivity contribution is 6.02. The van der Waals surface area contributed by atoms with Gasteiger partial charge in [-0.3, -0.25) is 0 Å². The van der Waals surface area contributed by atoms with E-state index in [0.717, 1.165) is 39.4 Å². The monoisotopic (exact) mass is 327 g/mol. The Bertz CT molecular complexity index is 1000. The van der Waals surface area contributed by atoms with E-state index in [4.69, 9.17) is 0 Å². The summed E-state index contributed by atoms with van der Waals surface area (Å²) in [5.74, 6) is 2.32. The molecule has 1 aromatic carbocycles. The molecule has 3 aromatic heterocycles. The predicted molar refractivity (Wildman–Crippen MR) is 102 cm³/mol. The van der Waals surface area contributed by atoms with E-state index in [1.807, 2.05) is 61.9 Å². The third-order valence-corrected chi connectivity index (χ3v) is 4.01. The summed E-state index contributed by atoms with van der Waals surface area (Å²) < 4.78 is 0. The minimum atomic E-state index is 0.747. The fourth-order valence-corrected chi connectivity index (χ4v) is 2.82. The standard InChI is InChI=1S/C20H17N5/c1-21-20-17-13-23-19(25-18-9-5-6-10-22-18)11-15(17)16(12-24-20)14-7-3-2-4-8-14/h2-13H,1H3,(H,21,24)(H,22,23,25). The first kappa shape index (κ1) is 15.1. The number of rotatable bonds is 4. The van der Waals surface area contributed by atoms with Crippen LogP contribution in [0.3, 0.4) is 0 Å². The first-order valence-electron chi connectivity index (χ1n) is 8.05. The number of anilines is 3. The molecule has 0 amide bonds. The first-order valence-corrected chi connectivity index (χ1v) is 8.05. The Hall–Kier alpha value is -3.47. The summed E-state index contributed by atoms with van der Waals surface area (Å²) in [6, 6.07) is 18.0. The Morgan fingerprint density at radius 1 is 0.760 bits per heavy atom. The third kappa shape index (κ3) is 2.99. The molecular formula is C20H17N5. The second-order valence-electron chi connectivity index (χ2n) is 5.59. The summed E-state index contributed by atoms with van der Waals surface area (Å²) in [6.45, 7) is 0. The van der Waals surface area contributed by atoms with Crippen molar-refractivity contribution < 1.29 is 0 Å². The molecule has 0 aliphatic carbocycles. The van der Waals surface area contributed by atoms with Crippen molar-refractivity contribution in [3.05, 3.63) is 73.2 Å². The lowest BCUT2D eigenvalue weighted by Crippen LogP contribution is -1.99. The lowest BCUT2D eigenvalue weighted by Gasteiger charge is -2.12. The van der Waals surface area contributed by atoms with Crippen molar-refractivity contribution in [2.24, 2.45) is 0 Å². The fraction of sp³-hybridized carbons (Fsp3) is 0.0500. The largest absolute Gasteiger partial charge is 0.373 e. The summed E-state index contributed by atoms with van der Waals surface area (Å²) >= 11 is 0. The van der Waals surface area contributed by atoms with E-state index in [9.17, 15) is 0 Å². The van der Waals surface area contributed by atoms with Gasteiger partial charge in [-0.2, -0.15) is 0 Å². The normalized spacial score (nSPS) is 10.6. The van der Waals surface area contributed by atoms with E-state index in [1.165, 1.54) is 0 Å². The van der Waals surface area contributed by atoms with Gasteiger partial charge in [-0.1, -0.05) is 36.4 Å². The van der Waals surface area contributed by atoms with Gasteiger partial charge < -0.3 is 10.6 Å². The van der Waals surface area contributed by atoms with Crippen molar-refractivity contribution in [3.8, 4) is 11.1 Å². The lowest BCUT2D eigenvalue weighted by molar-refractivity contribution is 1.25. The molecule has 0 bridgehead atoms. The number of pyridine rings is 3. The number of fused-ring (bicyclic) bond motifs is 1. The Balaban J connectivity index is 1.86. The summed E-state index contributed by atoms with van der Waals surface area (Å²) in [5.41, 5.74) is 2.19. The van der Waals surface area contributed by atoms with Crippen LogP contribution in [0.5, 0.6) is 0 Å². The van der Waals surface area contributed by atoms with Crippen LogP contribution in [-0.2, 0) is 0 Å². The van der Waals surface area contributed by atoms with Gasteiger partial charge in [-0.25, -0.2) is 15.0 Å². The van der Waals surface area contributed by atoms with Crippen molar-refractivity contribution in [2.75, 3.05) is 17.7 Å². The number of hydrogen-bond acceptors (Lipinski definition) is 5. The minimum Gasteiger partial charge on any atom is -0.373 e. The second-order valence-corrected chi connectivity index (χ2v) is 5.59. The molecule has 0 aliphatic heterocycles. The lowest BCUT2D eigenvalue weighted by atomic mass is 10.0. The maximum absolute atomic E-state index is 4.53. The summed E-state index contributed by atoms with van der Waals surface area (Å²) in [4.78, 5) is 13.3. The summed E-state index contributed by atoms with van der Waals surface area (Å²) in [6.07, 6.45) is 5.49. The molecule has 0 saturated heterocycles. The highest BCUT2D eigenvalue weighted by Gasteiger charge is 2.10. The molecule has 0 unspecified atom stereocenters. The zero-order chi connectivity index (χ0) is 17.1. The van der Waals surface area contributed by atoms with Crippen molar-refractivity contribution >= 4 is 28.2 Å². The molecule has 0 atom stereocenters. The molecule has 5 nitrogen and oxygen atoms in total. The maximum Gasteiger partial charge on any atom is 0.135 e. The van der Waals surface area contributed by atoms with Crippen molar-refractivity contribution in [2.45, 2.75) is 0 Å². The molecular weight excluding hydrogens is 310 g/mol. The van der Waals surface area contributed by atoms with E-state index < -0.39 is 0 Å². The van der Waals surface area contributed by atoms with E-state index in [2.05, 4.69) is 37.7 Å². The molecule has 3 heterocycles. The molecule has 0 saturated carbocycles. The van der Waals surface area contributed by atoms with Gasteiger partial charge in [0, 0.05) is 36.6 Å². The smallest absolute Gasteiger partial charge is 0.135 e. The third-order valence-electron chi connectivity index (χ3n) is 4.01. The molecule has 4 aromatic rings. The zero-order valence-electron chi connectivity index (χ0n) is 13.8. The molecule has 122 valence electrons. The highest BCUT2D eigenvalue weighted by atomic mass is 15.0. The molecule has 4 rings (SSSR count). The Kier molecular flexibility index (Phi) is 3.96. The molecule has 5 heteroatoms.